The van der Waals surface area contributed by atoms with Crippen LogP contribution >= 0.6 is 0 Å². The minimum atomic E-state index is -0.00347. The van der Waals surface area contributed by atoms with Gasteiger partial charge >= 0.3 is 0 Å². The maximum atomic E-state index is 12.3. The highest BCUT2D eigenvalue weighted by molar-refractivity contribution is 5.76. The van der Waals surface area contributed by atoms with Gasteiger partial charge in [-0.1, -0.05) is 5.16 Å². The predicted molar refractivity (Wildman–Crippen MR) is 101 cm³/mol. The minimum absolute atomic E-state index is 0.00269. The standard InChI is InChI=1S/C20H27N5O3/c1-13-17(14(2)28-24-13)11-25-7-4-16-15(10-25)12-27-18(16)8-20(26)23-9-19-21-5-3-6-22-19/h3,5-6,15-16,18H,4,7-12H2,1-2H3,(H,23,26)/t15-,16-,18+/m1/s1. The van der Waals surface area contributed by atoms with Crippen molar-refractivity contribution in [3.63, 3.8) is 0 Å². The van der Waals surface area contributed by atoms with Gasteiger partial charge in [-0.3, -0.25) is 9.69 Å². The number of nitrogens with one attached hydrogen (secondary N) is 1. The lowest BCUT2D eigenvalue weighted by atomic mass is 9.83. The van der Waals surface area contributed by atoms with Gasteiger partial charge in [-0.05, 0) is 38.8 Å². The van der Waals surface area contributed by atoms with E-state index in [0.717, 1.165) is 44.1 Å². The highest BCUT2D eigenvalue weighted by Gasteiger charge is 2.41. The van der Waals surface area contributed by atoms with Crippen molar-refractivity contribution in [3.8, 4) is 0 Å². The lowest BCUT2D eigenvalue weighted by molar-refractivity contribution is -0.124. The van der Waals surface area contributed by atoms with Gasteiger partial charge in [0.05, 0.1) is 31.4 Å². The molecule has 8 nitrogen and oxygen atoms in total. The van der Waals surface area contributed by atoms with Crippen molar-refractivity contribution in [2.75, 3.05) is 19.7 Å². The average Bonchev–Trinajstić information content (AvgIpc) is 3.25. The van der Waals surface area contributed by atoms with E-state index in [1.165, 1.54) is 5.56 Å². The molecule has 0 aliphatic carbocycles. The molecular weight excluding hydrogens is 358 g/mol. The number of carbonyl (C=O) groups is 1. The van der Waals surface area contributed by atoms with E-state index in [4.69, 9.17) is 9.26 Å². The second-order valence-corrected chi connectivity index (χ2v) is 7.77. The third-order valence-corrected chi connectivity index (χ3v) is 5.89. The number of fused-ring (bicyclic) bond motifs is 1. The second-order valence-electron chi connectivity index (χ2n) is 7.77. The smallest absolute Gasteiger partial charge is 0.222 e. The zero-order valence-corrected chi connectivity index (χ0v) is 16.4. The molecule has 1 N–H and O–H groups in total. The first-order valence-electron chi connectivity index (χ1n) is 9.88. The number of carbonyl (C=O) groups excluding carboxylic acids is 1. The average molecular weight is 385 g/mol. The van der Waals surface area contributed by atoms with Gasteiger partial charge in [-0.25, -0.2) is 9.97 Å². The Morgan fingerprint density at radius 3 is 2.89 bits per heavy atom. The Bertz CT molecular complexity index is 790. The maximum Gasteiger partial charge on any atom is 0.222 e. The number of piperidine rings is 1. The molecule has 0 aromatic carbocycles. The molecule has 8 heteroatoms. The molecule has 2 aromatic heterocycles. The van der Waals surface area contributed by atoms with Crippen LogP contribution in [0, 0.1) is 25.7 Å². The molecule has 0 spiro atoms. The van der Waals surface area contributed by atoms with Crippen LogP contribution in [-0.4, -0.2) is 51.7 Å². The zero-order chi connectivity index (χ0) is 19.5. The molecule has 2 aliphatic rings. The van der Waals surface area contributed by atoms with E-state index >= 15 is 0 Å². The van der Waals surface area contributed by atoms with Crippen molar-refractivity contribution in [1.82, 2.24) is 25.3 Å². The van der Waals surface area contributed by atoms with Crippen LogP contribution in [0.5, 0.6) is 0 Å². The first kappa shape index (κ1) is 19.0. The molecule has 3 atom stereocenters. The number of rotatable bonds is 6. The molecular formula is C20H27N5O3. The Balaban J connectivity index is 1.26. The van der Waals surface area contributed by atoms with E-state index in [2.05, 4.69) is 25.3 Å². The summed E-state index contributed by atoms with van der Waals surface area (Å²) in [6, 6.07) is 1.76. The maximum absolute atomic E-state index is 12.3. The first-order chi connectivity index (χ1) is 13.6. The minimum Gasteiger partial charge on any atom is -0.377 e. The molecule has 0 bridgehead atoms. The summed E-state index contributed by atoms with van der Waals surface area (Å²) in [5.74, 6) is 2.44. The summed E-state index contributed by atoms with van der Waals surface area (Å²) < 4.78 is 11.3. The molecule has 2 fully saturated rings. The van der Waals surface area contributed by atoms with E-state index in [9.17, 15) is 4.79 Å². The van der Waals surface area contributed by atoms with Gasteiger partial charge < -0.3 is 14.6 Å². The van der Waals surface area contributed by atoms with Crippen molar-refractivity contribution in [1.29, 1.82) is 0 Å². The molecule has 0 unspecified atom stereocenters. The van der Waals surface area contributed by atoms with Crippen LogP contribution in [0.2, 0.25) is 0 Å². The van der Waals surface area contributed by atoms with Gasteiger partial charge in [0, 0.05) is 37.0 Å². The lowest BCUT2D eigenvalue weighted by Gasteiger charge is -2.35. The Morgan fingerprint density at radius 1 is 1.32 bits per heavy atom. The topological polar surface area (TPSA) is 93.4 Å². The highest BCUT2D eigenvalue weighted by atomic mass is 16.5. The molecule has 28 heavy (non-hydrogen) atoms. The van der Waals surface area contributed by atoms with E-state index in [0.29, 0.717) is 30.6 Å². The third kappa shape index (κ3) is 4.23. The van der Waals surface area contributed by atoms with Crippen LogP contribution in [-0.2, 0) is 22.6 Å². The molecule has 150 valence electrons. The summed E-state index contributed by atoms with van der Waals surface area (Å²) in [5.41, 5.74) is 2.16. The lowest BCUT2D eigenvalue weighted by Crippen LogP contribution is -2.42. The van der Waals surface area contributed by atoms with Crippen LogP contribution < -0.4 is 5.32 Å². The van der Waals surface area contributed by atoms with E-state index < -0.39 is 0 Å². The normalized spacial score (nSPS) is 24.9. The van der Waals surface area contributed by atoms with Crippen LogP contribution in [0.3, 0.4) is 0 Å². The Kier molecular flexibility index (Phi) is 5.68. The number of amides is 1. The van der Waals surface area contributed by atoms with Crippen LogP contribution in [0.1, 0.15) is 35.7 Å². The fourth-order valence-corrected chi connectivity index (χ4v) is 4.32. The van der Waals surface area contributed by atoms with Gasteiger partial charge in [0.1, 0.15) is 11.6 Å². The number of hydrogen-bond donors (Lipinski definition) is 1. The summed E-state index contributed by atoms with van der Waals surface area (Å²) in [4.78, 5) is 23.0. The monoisotopic (exact) mass is 385 g/mol. The van der Waals surface area contributed by atoms with Crippen molar-refractivity contribution in [3.05, 3.63) is 41.3 Å². The van der Waals surface area contributed by atoms with Crippen LogP contribution in [0.25, 0.3) is 0 Å². The number of aryl methyl sites for hydroxylation is 2. The number of hydrogen-bond acceptors (Lipinski definition) is 7. The molecule has 2 aromatic rings. The number of aromatic nitrogens is 3. The quantitative estimate of drug-likeness (QED) is 0.808. The second kappa shape index (κ2) is 8.36. The highest BCUT2D eigenvalue weighted by Crippen LogP contribution is 2.36. The third-order valence-electron chi connectivity index (χ3n) is 5.89. The van der Waals surface area contributed by atoms with Gasteiger partial charge in [0.2, 0.25) is 5.91 Å². The van der Waals surface area contributed by atoms with Crippen molar-refractivity contribution in [2.45, 2.75) is 45.9 Å². The molecule has 4 rings (SSSR count). The summed E-state index contributed by atoms with van der Waals surface area (Å²) in [5, 5.41) is 6.95. The van der Waals surface area contributed by atoms with E-state index in [-0.39, 0.29) is 12.0 Å². The van der Waals surface area contributed by atoms with E-state index in [1.807, 2.05) is 13.8 Å². The molecule has 0 radical (unpaired) electrons. The Labute approximate surface area is 164 Å². The molecule has 2 aliphatic heterocycles. The van der Waals surface area contributed by atoms with Crippen molar-refractivity contribution < 1.29 is 14.1 Å². The summed E-state index contributed by atoms with van der Waals surface area (Å²) in [6.07, 6.45) is 4.80. The largest absolute Gasteiger partial charge is 0.377 e. The first-order valence-corrected chi connectivity index (χ1v) is 9.88. The number of likely N-dealkylation sites (tertiary alicyclic amines) is 1. The molecule has 0 saturated carbocycles. The van der Waals surface area contributed by atoms with Crippen molar-refractivity contribution in [2.24, 2.45) is 11.8 Å². The Morgan fingerprint density at radius 2 is 2.14 bits per heavy atom. The van der Waals surface area contributed by atoms with Gasteiger partial charge in [-0.15, -0.1) is 0 Å². The number of nitrogens with zero attached hydrogens (tertiary/aromatic N) is 4. The summed E-state index contributed by atoms with van der Waals surface area (Å²) >= 11 is 0. The fourth-order valence-electron chi connectivity index (χ4n) is 4.32. The van der Waals surface area contributed by atoms with Gasteiger partial charge in [-0.2, -0.15) is 0 Å². The molecule has 2 saturated heterocycles. The van der Waals surface area contributed by atoms with E-state index in [1.54, 1.807) is 18.5 Å². The summed E-state index contributed by atoms with van der Waals surface area (Å²) in [7, 11) is 0. The van der Waals surface area contributed by atoms with Gasteiger partial charge in [0.15, 0.2) is 0 Å². The molecule has 1 amide bonds. The van der Waals surface area contributed by atoms with Crippen LogP contribution in [0.15, 0.2) is 23.0 Å². The predicted octanol–water partition coefficient (Wildman–Crippen LogP) is 1.62. The fraction of sp³-hybridized carbons (Fsp3) is 0.600. The Hall–Kier alpha value is -2.32. The van der Waals surface area contributed by atoms with Crippen molar-refractivity contribution >= 4 is 5.91 Å². The SMILES string of the molecule is Cc1noc(C)c1CN1CC[C@@H]2[C@@H](CO[C@H]2CC(=O)NCc2ncccn2)C1. The van der Waals surface area contributed by atoms with Gasteiger partial charge in [0.25, 0.3) is 0 Å². The zero-order valence-electron chi connectivity index (χ0n) is 16.4. The molecule has 4 heterocycles. The number of ether oxygens (including phenoxy) is 1. The summed E-state index contributed by atoms with van der Waals surface area (Å²) in [6.45, 7) is 7.90. The van der Waals surface area contributed by atoms with Crippen LogP contribution in [0.4, 0.5) is 0 Å².